The third-order valence-corrected chi connectivity index (χ3v) is 3.98. The molecule has 1 aromatic rings. The Morgan fingerprint density at radius 3 is 2.89 bits per heavy atom. The van der Waals surface area contributed by atoms with Crippen molar-refractivity contribution < 1.29 is 0 Å². The summed E-state index contributed by atoms with van der Waals surface area (Å²) in [5, 5.41) is 3.32. The number of nitrogens with one attached hydrogen (secondary N) is 1. The van der Waals surface area contributed by atoms with Crippen molar-refractivity contribution >= 4 is 27.6 Å². The van der Waals surface area contributed by atoms with Gasteiger partial charge in [-0.3, -0.25) is 0 Å². The molecule has 0 saturated carbocycles. The van der Waals surface area contributed by atoms with E-state index >= 15 is 0 Å². The highest BCUT2D eigenvalue weighted by Crippen LogP contribution is 2.24. The summed E-state index contributed by atoms with van der Waals surface area (Å²) in [4.78, 5) is 10.6. The SMILES string of the molecule is CC(CNc1ncnc(N)c1Br)CN1CCCC1. The van der Waals surface area contributed by atoms with E-state index in [9.17, 15) is 0 Å². The molecule has 0 spiro atoms. The van der Waals surface area contributed by atoms with Crippen LogP contribution in [-0.2, 0) is 0 Å². The van der Waals surface area contributed by atoms with Crippen LogP contribution in [0.4, 0.5) is 11.6 Å². The van der Waals surface area contributed by atoms with Gasteiger partial charge in [0.25, 0.3) is 0 Å². The number of likely N-dealkylation sites (tertiary alicyclic amines) is 1. The zero-order valence-electron chi connectivity index (χ0n) is 10.7. The Balaban J connectivity index is 1.81. The number of nitrogens with two attached hydrogens (primary N) is 1. The first-order chi connectivity index (χ1) is 8.66. The van der Waals surface area contributed by atoms with Crippen LogP contribution in [0.25, 0.3) is 0 Å². The molecule has 5 nitrogen and oxygen atoms in total. The van der Waals surface area contributed by atoms with E-state index in [0.29, 0.717) is 11.7 Å². The Morgan fingerprint density at radius 2 is 2.17 bits per heavy atom. The molecule has 1 fully saturated rings. The van der Waals surface area contributed by atoms with Crippen LogP contribution in [0.5, 0.6) is 0 Å². The summed E-state index contributed by atoms with van der Waals surface area (Å²) >= 11 is 3.40. The number of nitrogens with zero attached hydrogens (tertiary/aromatic N) is 3. The van der Waals surface area contributed by atoms with E-state index in [-0.39, 0.29) is 0 Å². The van der Waals surface area contributed by atoms with Gasteiger partial charge in [0.05, 0.1) is 0 Å². The molecule has 2 rings (SSSR count). The molecule has 2 heterocycles. The van der Waals surface area contributed by atoms with Gasteiger partial charge >= 0.3 is 0 Å². The van der Waals surface area contributed by atoms with Crippen molar-refractivity contribution in [1.82, 2.24) is 14.9 Å². The molecule has 100 valence electrons. The minimum Gasteiger partial charge on any atom is -0.383 e. The maximum Gasteiger partial charge on any atom is 0.145 e. The standard InChI is InChI=1S/C12H20BrN5/c1-9(7-18-4-2-3-5-18)6-15-12-10(13)11(14)16-8-17-12/h8-9H,2-7H2,1H3,(H3,14,15,16,17). The fourth-order valence-corrected chi connectivity index (χ4v) is 2.59. The average Bonchev–Trinajstić information content (AvgIpc) is 2.84. The molecular formula is C12H20BrN5. The highest BCUT2D eigenvalue weighted by molar-refractivity contribution is 9.10. The van der Waals surface area contributed by atoms with Gasteiger partial charge in [-0.2, -0.15) is 0 Å². The Bertz CT molecular complexity index is 392. The smallest absolute Gasteiger partial charge is 0.145 e. The van der Waals surface area contributed by atoms with Gasteiger partial charge in [0.15, 0.2) is 0 Å². The molecule has 1 aliphatic rings. The molecule has 0 radical (unpaired) electrons. The fraction of sp³-hybridized carbons (Fsp3) is 0.667. The second kappa shape index (κ2) is 6.33. The molecule has 6 heteroatoms. The van der Waals surface area contributed by atoms with Gasteiger partial charge in [-0.05, 0) is 47.8 Å². The topological polar surface area (TPSA) is 67.1 Å². The van der Waals surface area contributed by atoms with E-state index in [0.717, 1.165) is 23.4 Å². The lowest BCUT2D eigenvalue weighted by Gasteiger charge is -2.20. The van der Waals surface area contributed by atoms with Crippen LogP contribution < -0.4 is 11.1 Å². The number of anilines is 2. The van der Waals surface area contributed by atoms with Gasteiger partial charge in [-0.25, -0.2) is 9.97 Å². The normalized spacial score (nSPS) is 17.9. The zero-order chi connectivity index (χ0) is 13.0. The van der Waals surface area contributed by atoms with Crippen LogP contribution in [0.2, 0.25) is 0 Å². The van der Waals surface area contributed by atoms with E-state index in [2.05, 4.69) is 43.0 Å². The van der Waals surface area contributed by atoms with E-state index in [1.807, 2.05) is 0 Å². The van der Waals surface area contributed by atoms with E-state index in [4.69, 9.17) is 5.73 Å². The summed E-state index contributed by atoms with van der Waals surface area (Å²) in [6.45, 7) is 6.78. The molecule has 18 heavy (non-hydrogen) atoms. The van der Waals surface area contributed by atoms with Crippen molar-refractivity contribution in [2.45, 2.75) is 19.8 Å². The Kier molecular flexibility index (Phi) is 4.77. The summed E-state index contributed by atoms with van der Waals surface area (Å²) in [5.41, 5.74) is 5.71. The van der Waals surface area contributed by atoms with Crippen molar-refractivity contribution in [3.8, 4) is 0 Å². The van der Waals surface area contributed by atoms with Crippen LogP contribution in [0.3, 0.4) is 0 Å². The molecular weight excluding hydrogens is 294 g/mol. The van der Waals surface area contributed by atoms with Gasteiger partial charge in [-0.1, -0.05) is 6.92 Å². The van der Waals surface area contributed by atoms with Gasteiger partial charge in [0.2, 0.25) is 0 Å². The maximum atomic E-state index is 5.71. The second-order valence-corrected chi connectivity index (χ2v) is 5.71. The molecule has 0 aromatic carbocycles. The van der Waals surface area contributed by atoms with Crippen molar-refractivity contribution in [3.63, 3.8) is 0 Å². The number of halogens is 1. The summed E-state index contributed by atoms with van der Waals surface area (Å²) in [6.07, 6.45) is 4.16. The molecule has 1 saturated heterocycles. The van der Waals surface area contributed by atoms with Crippen LogP contribution in [0, 0.1) is 5.92 Å². The first-order valence-electron chi connectivity index (χ1n) is 6.39. The molecule has 0 amide bonds. The second-order valence-electron chi connectivity index (χ2n) is 4.92. The van der Waals surface area contributed by atoms with Crippen LogP contribution in [0.15, 0.2) is 10.8 Å². The Morgan fingerprint density at radius 1 is 1.44 bits per heavy atom. The van der Waals surface area contributed by atoms with Crippen molar-refractivity contribution in [3.05, 3.63) is 10.8 Å². The molecule has 1 aromatic heterocycles. The van der Waals surface area contributed by atoms with Crippen molar-refractivity contribution in [2.75, 3.05) is 37.2 Å². The summed E-state index contributed by atoms with van der Waals surface area (Å²) in [6, 6.07) is 0. The molecule has 1 atom stereocenters. The van der Waals surface area contributed by atoms with Crippen molar-refractivity contribution in [2.24, 2.45) is 5.92 Å². The molecule has 3 N–H and O–H groups in total. The largest absolute Gasteiger partial charge is 0.383 e. The predicted molar refractivity (Wildman–Crippen MR) is 77.5 cm³/mol. The number of hydrogen-bond donors (Lipinski definition) is 2. The van der Waals surface area contributed by atoms with E-state index in [1.54, 1.807) is 0 Å². The van der Waals surface area contributed by atoms with Crippen LogP contribution in [0.1, 0.15) is 19.8 Å². The quantitative estimate of drug-likeness (QED) is 0.870. The highest BCUT2D eigenvalue weighted by atomic mass is 79.9. The number of hydrogen-bond acceptors (Lipinski definition) is 5. The Labute approximate surface area is 116 Å². The lowest BCUT2D eigenvalue weighted by Crippen LogP contribution is -2.29. The van der Waals surface area contributed by atoms with Crippen LogP contribution >= 0.6 is 15.9 Å². The zero-order valence-corrected chi connectivity index (χ0v) is 12.3. The number of aromatic nitrogens is 2. The molecule has 1 unspecified atom stereocenters. The third-order valence-electron chi connectivity index (χ3n) is 3.20. The van der Waals surface area contributed by atoms with Gasteiger partial charge in [0, 0.05) is 13.1 Å². The van der Waals surface area contributed by atoms with Gasteiger partial charge in [0.1, 0.15) is 22.4 Å². The summed E-state index contributed by atoms with van der Waals surface area (Å²) in [7, 11) is 0. The number of nitrogen functional groups attached to an aromatic ring is 1. The third kappa shape index (κ3) is 3.55. The molecule has 0 aliphatic carbocycles. The fourth-order valence-electron chi connectivity index (χ4n) is 2.25. The Hall–Kier alpha value is -0.880. The lowest BCUT2D eigenvalue weighted by atomic mass is 10.1. The molecule has 0 bridgehead atoms. The lowest BCUT2D eigenvalue weighted by molar-refractivity contribution is 0.294. The first-order valence-corrected chi connectivity index (χ1v) is 7.18. The van der Waals surface area contributed by atoms with Crippen LogP contribution in [-0.4, -0.2) is 41.0 Å². The minimum absolute atomic E-state index is 0.472. The number of rotatable bonds is 5. The van der Waals surface area contributed by atoms with Crippen molar-refractivity contribution in [1.29, 1.82) is 0 Å². The maximum absolute atomic E-state index is 5.71. The van der Waals surface area contributed by atoms with E-state index in [1.165, 1.54) is 32.3 Å². The average molecular weight is 314 g/mol. The first kappa shape index (κ1) is 13.5. The van der Waals surface area contributed by atoms with Gasteiger partial charge < -0.3 is 16.0 Å². The highest BCUT2D eigenvalue weighted by Gasteiger charge is 2.15. The van der Waals surface area contributed by atoms with E-state index < -0.39 is 0 Å². The van der Waals surface area contributed by atoms with Gasteiger partial charge in [-0.15, -0.1) is 0 Å². The minimum atomic E-state index is 0.472. The molecule has 1 aliphatic heterocycles. The monoisotopic (exact) mass is 313 g/mol. The summed E-state index contributed by atoms with van der Waals surface area (Å²) < 4.78 is 0.748. The predicted octanol–water partition coefficient (Wildman–Crippen LogP) is 1.97. The summed E-state index contributed by atoms with van der Waals surface area (Å²) in [5.74, 6) is 1.83.